The van der Waals surface area contributed by atoms with Gasteiger partial charge in [0.1, 0.15) is 0 Å². The minimum Gasteiger partial charge on any atom is -0.419 e. The summed E-state index contributed by atoms with van der Waals surface area (Å²) in [4.78, 5) is 0.265. The van der Waals surface area contributed by atoms with Crippen LogP contribution in [0.25, 0.3) is 11.5 Å². The largest absolute Gasteiger partial charge is 0.419 e. The van der Waals surface area contributed by atoms with Gasteiger partial charge in [-0.15, -0.1) is 10.2 Å². The molecule has 3 aromatic rings. The third-order valence-corrected chi connectivity index (χ3v) is 7.06. The van der Waals surface area contributed by atoms with Crippen LogP contribution in [0.3, 0.4) is 0 Å². The summed E-state index contributed by atoms with van der Waals surface area (Å²) >= 11 is 0. The van der Waals surface area contributed by atoms with Gasteiger partial charge in [-0.3, -0.25) is 0 Å². The average molecular weight is 414 g/mol. The van der Waals surface area contributed by atoms with Crippen LogP contribution in [0.5, 0.6) is 0 Å². The maximum absolute atomic E-state index is 13.2. The molecule has 0 fully saturated rings. The first-order valence-corrected chi connectivity index (χ1v) is 11.3. The maximum atomic E-state index is 13.2. The molecule has 0 aliphatic carbocycles. The first-order valence-electron chi connectivity index (χ1n) is 9.82. The predicted octanol–water partition coefficient (Wildman–Crippen LogP) is 4.85. The molecule has 2 aromatic carbocycles. The smallest absolute Gasteiger partial charge is 0.247 e. The fourth-order valence-corrected chi connectivity index (χ4v) is 4.62. The number of benzene rings is 2. The summed E-state index contributed by atoms with van der Waals surface area (Å²) in [6.07, 6.45) is 1.01. The summed E-state index contributed by atoms with van der Waals surface area (Å²) in [6, 6.07) is 16.3. The molecule has 0 N–H and O–H groups in total. The van der Waals surface area contributed by atoms with Gasteiger partial charge in [0.2, 0.25) is 21.8 Å². The van der Waals surface area contributed by atoms with E-state index in [2.05, 4.69) is 24.0 Å². The van der Waals surface area contributed by atoms with Crippen molar-refractivity contribution in [1.29, 1.82) is 0 Å². The molecule has 0 aliphatic heterocycles. The molecule has 0 amide bonds. The zero-order chi connectivity index (χ0) is 21.0. The molecule has 0 spiro atoms. The summed E-state index contributed by atoms with van der Waals surface area (Å²) in [6.45, 7) is 7.93. The van der Waals surface area contributed by atoms with Crippen LogP contribution >= 0.6 is 0 Å². The molecule has 0 aliphatic rings. The van der Waals surface area contributed by atoms with E-state index in [4.69, 9.17) is 4.42 Å². The Bertz CT molecular complexity index is 1030. The number of hydrogen-bond donors (Lipinski definition) is 0. The molecule has 154 valence electrons. The molecule has 3 rings (SSSR count). The first-order chi connectivity index (χ1) is 13.8. The van der Waals surface area contributed by atoms with E-state index in [0.29, 0.717) is 11.8 Å². The SMILES string of the molecule is CCC(C)c1ccc(S(=O)(=O)N(Cc2nnc(-c3ccccc3)o2)C(C)C)cc1. The Kier molecular flexibility index (Phi) is 6.49. The van der Waals surface area contributed by atoms with Crippen LogP contribution in [-0.4, -0.2) is 29.0 Å². The molecule has 1 aromatic heterocycles. The highest BCUT2D eigenvalue weighted by molar-refractivity contribution is 7.89. The van der Waals surface area contributed by atoms with Crippen molar-refractivity contribution < 1.29 is 12.8 Å². The predicted molar refractivity (Wildman–Crippen MR) is 113 cm³/mol. The van der Waals surface area contributed by atoms with E-state index < -0.39 is 10.0 Å². The van der Waals surface area contributed by atoms with Crippen molar-refractivity contribution >= 4 is 10.0 Å². The van der Waals surface area contributed by atoms with Gasteiger partial charge in [0.15, 0.2) is 0 Å². The van der Waals surface area contributed by atoms with Crippen molar-refractivity contribution in [3.8, 4) is 11.5 Å². The van der Waals surface area contributed by atoms with Gasteiger partial charge in [-0.2, -0.15) is 4.31 Å². The molecule has 0 saturated carbocycles. The lowest BCUT2D eigenvalue weighted by Gasteiger charge is -2.24. The minimum atomic E-state index is -3.70. The fourth-order valence-electron chi connectivity index (χ4n) is 3.03. The minimum absolute atomic E-state index is 0.0208. The topological polar surface area (TPSA) is 76.3 Å². The first kappa shape index (κ1) is 21.2. The van der Waals surface area contributed by atoms with Gasteiger partial charge in [0, 0.05) is 11.6 Å². The van der Waals surface area contributed by atoms with Crippen molar-refractivity contribution in [3.63, 3.8) is 0 Å². The summed E-state index contributed by atoms with van der Waals surface area (Å²) in [5.74, 6) is 1.03. The Labute approximate surface area is 172 Å². The van der Waals surface area contributed by atoms with E-state index >= 15 is 0 Å². The van der Waals surface area contributed by atoms with Gasteiger partial charge >= 0.3 is 0 Å². The van der Waals surface area contributed by atoms with Crippen molar-refractivity contribution in [2.75, 3.05) is 0 Å². The zero-order valence-corrected chi connectivity index (χ0v) is 18.1. The number of nitrogens with zero attached hydrogens (tertiary/aromatic N) is 3. The molecule has 0 bridgehead atoms. The zero-order valence-electron chi connectivity index (χ0n) is 17.2. The molecule has 1 unspecified atom stereocenters. The maximum Gasteiger partial charge on any atom is 0.247 e. The molecule has 7 heteroatoms. The highest BCUT2D eigenvalue weighted by Crippen LogP contribution is 2.25. The second-order valence-electron chi connectivity index (χ2n) is 7.39. The van der Waals surface area contributed by atoms with E-state index in [-0.39, 0.29) is 23.4 Å². The van der Waals surface area contributed by atoms with E-state index in [1.807, 2.05) is 56.3 Å². The summed E-state index contributed by atoms with van der Waals surface area (Å²) < 4.78 is 33.6. The Morgan fingerprint density at radius 1 is 0.966 bits per heavy atom. The van der Waals surface area contributed by atoms with Crippen LogP contribution in [0, 0.1) is 0 Å². The number of sulfonamides is 1. The fraction of sp³-hybridized carbons (Fsp3) is 0.364. The van der Waals surface area contributed by atoms with Crippen molar-refractivity contribution in [1.82, 2.24) is 14.5 Å². The van der Waals surface area contributed by atoms with Crippen LogP contribution in [0.2, 0.25) is 0 Å². The van der Waals surface area contributed by atoms with Crippen LogP contribution in [0.1, 0.15) is 51.5 Å². The van der Waals surface area contributed by atoms with Gasteiger partial charge in [0.05, 0.1) is 11.4 Å². The highest BCUT2D eigenvalue weighted by atomic mass is 32.2. The van der Waals surface area contributed by atoms with Crippen LogP contribution < -0.4 is 0 Å². The van der Waals surface area contributed by atoms with Crippen molar-refractivity contribution in [3.05, 3.63) is 66.1 Å². The summed E-state index contributed by atoms with van der Waals surface area (Å²) in [7, 11) is -3.70. The quantitative estimate of drug-likeness (QED) is 0.528. The number of rotatable bonds is 8. The van der Waals surface area contributed by atoms with E-state index in [9.17, 15) is 8.42 Å². The van der Waals surface area contributed by atoms with Gasteiger partial charge in [-0.1, -0.05) is 44.2 Å². The Balaban J connectivity index is 1.85. The van der Waals surface area contributed by atoms with Gasteiger partial charge < -0.3 is 4.42 Å². The van der Waals surface area contributed by atoms with Crippen LogP contribution in [-0.2, 0) is 16.6 Å². The molecular weight excluding hydrogens is 386 g/mol. The standard InChI is InChI=1S/C22H27N3O3S/c1-5-17(4)18-11-13-20(14-12-18)29(26,27)25(16(2)3)15-21-23-24-22(28-21)19-9-7-6-8-10-19/h6-14,16-17H,5,15H2,1-4H3. The molecule has 0 radical (unpaired) electrons. The second-order valence-corrected chi connectivity index (χ2v) is 9.28. The average Bonchev–Trinajstić information content (AvgIpc) is 3.20. The Morgan fingerprint density at radius 2 is 1.62 bits per heavy atom. The lowest BCUT2D eigenvalue weighted by molar-refractivity contribution is 0.313. The molecule has 29 heavy (non-hydrogen) atoms. The third kappa shape index (κ3) is 4.74. The van der Waals surface area contributed by atoms with Crippen LogP contribution in [0.15, 0.2) is 63.9 Å². The lowest BCUT2D eigenvalue weighted by Crippen LogP contribution is -2.36. The normalized spacial score (nSPS) is 13.2. The number of hydrogen-bond acceptors (Lipinski definition) is 5. The van der Waals surface area contributed by atoms with Gasteiger partial charge in [-0.05, 0) is 56.0 Å². The van der Waals surface area contributed by atoms with Gasteiger partial charge in [-0.25, -0.2) is 8.42 Å². The summed E-state index contributed by atoms with van der Waals surface area (Å²) in [5.41, 5.74) is 1.93. The lowest BCUT2D eigenvalue weighted by atomic mass is 9.99. The van der Waals surface area contributed by atoms with Crippen molar-refractivity contribution in [2.24, 2.45) is 0 Å². The molecule has 1 atom stereocenters. The van der Waals surface area contributed by atoms with Crippen LogP contribution in [0.4, 0.5) is 0 Å². The monoisotopic (exact) mass is 413 g/mol. The van der Waals surface area contributed by atoms with Gasteiger partial charge in [0.25, 0.3) is 0 Å². The van der Waals surface area contributed by atoms with E-state index in [1.165, 1.54) is 4.31 Å². The summed E-state index contributed by atoms with van der Waals surface area (Å²) in [5, 5.41) is 8.10. The second kappa shape index (κ2) is 8.88. The van der Waals surface area contributed by atoms with E-state index in [1.54, 1.807) is 12.1 Å². The van der Waals surface area contributed by atoms with Crippen molar-refractivity contribution in [2.45, 2.75) is 57.5 Å². The molecule has 1 heterocycles. The molecule has 6 nitrogen and oxygen atoms in total. The highest BCUT2D eigenvalue weighted by Gasteiger charge is 2.29. The van der Waals surface area contributed by atoms with E-state index in [0.717, 1.165) is 17.5 Å². The third-order valence-electron chi connectivity index (χ3n) is 5.02. The number of aromatic nitrogens is 2. The molecular formula is C22H27N3O3S. The molecule has 0 saturated heterocycles. The Morgan fingerprint density at radius 3 is 2.21 bits per heavy atom. The Hall–Kier alpha value is -2.51.